The van der Waals surface area contributed by atoms with Crippen LogP contribution in [0.1, 0.15) is 5.56 Å². The lowest BCUT2D eigenvalue weighted by Crippen LogP contribution is -2.03. The molecule has 0 amide bonds. The van der Waals surface area contributed by atoms with Gasteiger partial charge in [-0.3, -0.25) is 4.98 Å². The Kier molecular flexibility index (Phi) is 3.84. The minimum Gasteiger partial charge on any atom is -0.488 e. The first-order valence-corrected chi connectivity index (χ1v) is 7.05. The van der Waals surface area contributed by atoms with Crippen LogP contribution in [-0.4, -0.2) is 4.98 Å². The molecule has 0 N–H and O–H groups in total. The Bertz CT molecular complexity index is 802. The third kappa shape index (κ3) is 2.74. The third-order valence-electron chi connectivity index (χ3n) is 3.12. The molecule has 1 heterocycles. The molecular formula is C16H10BrF2NO. The second-order valence-electron chi connectivity index (χ2n) is 4.44. The fourth-order valence-electron chi connectivity index (χ4n) is 2.05. The summed E-state index contributed by atoms with van der Waals surface area (Å²) in [6.45, 7) is -0.189. The van der Waals surface area contributed by atoms with E-state index in [1.54, 1.807) is 24.4 Å². The summed E-state index contributed by atoms with van der Waals surface area (Å²) >= 11 is 3.04. The van der Waals surface area contributed by atoms with Gasteiger partial charge in [-0.1, -0.05) is 6.07 Å². The lowest BCUT2D eigenvalue weighted by molar-refractivity contribution is 0.295. The third-order valence-corrected chi connectivity index (χ3v) is 3.73. The summed E-state index contributed by atoms with van der Waals surface area (Å²) in [5, 5.41) is 0.802. The highest BCUT2D eigenvalue weighted by Crippen LogP contribution is 2.27. The van der Waals surface area contributed by atoms with Crippen LogP contribution in [0.25, 0.3) is 10.9 Å². The van der Waals surface area contributed by atoms with Crippen molar-refractivity contribution < 1.29 is 13.5 Å². The zero-order chi connectivity index (χ0) is 14.8. The lowest BCUT2D eigenvalue weighted by atomic mass is 10.2. The zero-order valence-electron chi connectivity index (χ0n) is 10.8. The van der Waals surface area contributed by atoms with Crippen molar-refractivity contribution in [1.82, 2.24) is 4.98 Å². The molecule has 0 unspecified atom stereocenters. The molecular weight excluding hydrogens is 340 g/mol. The van der Waals surface area contributed by atoms with E-state index in [1.165, 1.54) is 12.1 Å². The van der Waals surface area contributed by atoms with E-state index in [1.807, 2.05) is 12.1 Å². The first kappa shape index (κ1) is 13.9. The predicted molar refractivity (Wildman–Crippen MR) is 80.1 cm³/mol. The summed E-state index contributed by atoms with van der Waals surface area (Å²) < 4.78 is 33.4. The number of pyridine rings is 1. The molecule has 0 atom stereocenters. The highest BCUT2D eigenvalue weighted by molar-refractivity contribution is 9.10. The normalized spacial score (nSPS) is 10.8. The van der Waals surface area contributed by atoms with Gasteiger partial charge in [0.1, 0.15) is 24.0 Å². The fraction of sp³-hybridized carbons (Fsp3) is 0.0625. The number of ether oxygens (including phenoxy) is 1. The maximum absolute atomic E-state index is 13.9. The van der Waals surface area contributed by atoms with Crippen LogP contribution in [0.4, 0.5) is 8.78 Å². The van der Waals surface area contributed by atoms with Gasteiger partial charge in [0.15, 0.2) is 0 Å². The van der Waals surface area contributed by atoms with Gasteiger partial charge in [0, 0.05) is 11.6 Å². The van der Waals surface area contributed by atoms with E-state index in [2.05, 4.69) is 20.9 Å². The highest BCUT2D eigenvalue weighted by atomic mass is 79.9. The first-order chi connectivity index (χ1) is 10.2. The summed E-state index contributed by atoms with van der Waals surface area (Å²) in [7, 11) is 0. The molecule has 1 aromatic heterocycles. The van der Waals surface area contributed by atoms with E-state index in [9.17, 15) is 8.78 Å². The van der Waals surface area contributed by atoms with E-state index in [0.29, 0.717) is 5.75 Å². The van der Waals surface area contributed by atoms with Gasteiger partial charge in [-0.05, 0) is 52.3 Å². The van der Waals surface area contributed by atoms with E-state index in [0.717, 1.165) is 10.9 Å². The molecule has 106 valence electrons. The Morgan fingerprint density at radius 1 is 1.05 bits per heavy atom. The molecule has 0 radical (unpaired) electrons. The van der Waals surface area contributed by atoms with Gasteiger partial charge in [-0.2, -0.15) is 0 Å². The SMILES string of the molecule is Fc1ccc(Br)c(F)c1COc1cccc2ncccc12. The molecule has 0 aliphatic heterocycles. The maximum Gasteiger partial charge on any atom is 0.146 e. The zero-order valence-corrected chi connectivity index (χ0v) is 12.4. The molecule has 3 rings (SSSR count). The summed E-state index contributed by atoms with van der Waals surface area (Å²) in [5.41, 5.74) is 0.662. The average Bonchev–Trinajstić information content (AvgIpc) is 2.51. The Balaban J connectivity index is 1.93. The quantitative estimate of drug-likeness (QED) is 0.630. The van der Waals surface area contributed by atoms with Crippen LogP contribution in [-0.2, 0) is 6.61 Å². The van der Waals surface area contributed by atoms with Gasteiger partial charge in [0.05, 0.1) is 15.6 Å². The number of hydrogen-bond donors (Lipinski definition) is 0. The molecule has 21 heavy (non-hydrogen) atoms. The van der Waals surface area contributed by atoms with Crippen molar-refractivity contribution in [3.63, 3.8) is 0 Å². The van der Waals surface area contributed by atoms with Crippen LogP contribution in [0.15, 0.2) is 53.1 Å². The monoisotopic (exact) mass is 349 g/mol. The van der Waals surface area contributed by atoms with Crippen LogP contribution in [0.3, 0.4) is 0 Å². The van der Waals surface area contributed by atoms with Gasteiger partial charge in [-0.15, -0.1) is 0 Å². The maximum atomic E-state index is 13.9. The van der Waals surface area contributed by atoms with Crippen molar-refractivity contribution in [2.45, 2.75) is 6.61 Å². The number of benzene rings is 2. The number of hydrogen-bond acceptors (Lipinski definition) is 2. The van der Waals surface area contributed by atoms with Gasteiger partial charge in [-0.25, -0.2) is 8.78 Å². The van der Waals surface area contributed by atoms with Crippen LogP contribution < -0.4 is 4.74 Å². The van der Waals surface area contributed by atoms with Gasteiger partial charge >= 0.3 is 0 Å². The first-order valence-electron chi connectivity index (χ1n) is 6.26. The minimum atomic E-state index is -0.645. The van der Waals surface area contributed by atoms with Crippen LogP contribution in [0, 0.1) is 11.6 Å². The second kappa shape index (κ2) is 5.77. The van der Waals surface area contributed by atoms with Crippen molar-refractivity contribution in [1.29, 1.82) is 0 Å². The van der Waals surface area contributed by atoms with Gasteiger partial charge in [0.2, 0.25) is 0 Å². The highest BCUT2D eigenvalue weighted by Gasteiger charge is 2.13. The Morgan fingerprint density at radius 3 is 2.76 bits per heavy atom. The minimum absolute atomic E-state index is 0.106. The van der Waals surface area contributed by atoms with E-state index in [4.69, 9.17) is 4.74 Å². The Labute approximate surface area is 128 Å². The van der Waals surface area contributed by atoms with Crippen molar-refractivity contribution in [2.24, 2.45) is 0 Å². The molecule has 0 aliphatic rings. The largest absolute Gasteiger partial charge is 0.488 e. The lowest BCUT2D eigenvalue weighted by Gasteiger charge is -2.11. The van der Waals surface area contributed by atoms with E-state index in [-0.39, 0.29) is 16.6 Å². The molecule has 0 spiro atoms. The number of halogens is 3. The van der Waals surface area contributed by atoms with Crippen molar-refractivity contribution >= 4 is 26.8 Å². The Hall–Kier alpha value is -2.01. The number of rotatable bonds is 3. The molecule has 5 heteroatoms. The van der Waals surface area contributed by atoms with Gasteiger partial charge in [0.25, 0.3) is 0 Å². The smallest absolute Gasteiger partial charge is 0.146 e. The van der Waals surface area contributed by atoms with Crippen molar-refractivity contribution in [3.8, 4) is 5.75 Å². The number of aromatic nitrogens is 1. The topological polar surface area (TPSA) is 22.1 Å². The molecule has 0 aliphatic carbocycles. The fourth-order valence-corrected chi connectivity index (χ4v) is 2.42. The van der Waals surface area contributed by atoms with Crippen molar-refractivity contribution in [3.05, 3.63) is 70.3 Å². The number of nitrogens with zero attached hydrogens (tertiary/aromatic N) is 1. The summed E-state index contributed by atoms with van der Waals surface area (Å²) in [5.74, 6) is -0.734. The summed E-state index contributed by atoms with van der Waals surface area (Å²) in [6.07, 6.45) is 1.68. The standard InChI is InChI=1S/C16H10BrF2NO/c17-12-6-7-13(18)11(16(12)19)9-21-15-5-1-4-14-10(15)3-2-8-20-14/h1-8H,9H2. The average molecular weight is 350 g/mol. The molecule has 2 nitrogen and oxygen atoms in total. The van der Waals surface area contributed by atoms with E-state index < -0.39 is 11.6 Å². The molecule has 0 fully saturated rings. The van der Waals surface area contributed by atoms with Gasteiger partial charge < -0.3 is 4.74 Å². The van der Waals surface area contributed by atoms with E-state index >= 15 is 0 Å². The van der Waals surface area contributed by atoms with Crippen LogP contribution in [0.2, 0.25) is 0 Å². The molecule has 3 aromatic rings. The second-order valence-corrected chi connectivity index (χ2v) is 5.29. The van der Waals surface area contributed by atoms with Crippen molar-refractivity contribution in [2.75, 3.05) is 0 Å². The molecule has 2 aromatic carbocycles. The summed E-state index contributed by atoms with van der Waals surface area (Å²) in [6, 6.07) is 11.6. The summed E-state index contributed by atoms with van der Waals surface area (Å²) in [4.78, 5) is 4.21. The van der Waals surface area contributed by atoms with Crippen LogP contribution >= 0.6 is 15.9 Å². The Morgan fingerprint density at radius 2 is 1.90 bits per heavy atom. The van der Waals surface area contributed by atoms with Crippen LogP contribution in [0.5, 0.6) is 5.75 Å². The predicted octanol–water partition coefficient (Wildman–Crippen LogP) is 4.85. The molecule has 0 saturated heterocycles. The molecule has 0 saturated carbocycles. The molecule has 0 bridgehead atoms. The number of fused-ring (bicyclic) bond motifs is 1.